The van der Waals surface area contributed by atoms with Crippen molar-refractivity contribution in [1.29, 1.82) is 0 Å². The van der Waals surface area contributed by atoms with Crippen LogP contribution in [0, 0.1) is 17.6 Å². The molecule has 2 aromatic rings. The molecule has 0 spiro atoms. The van der Waals surface area contributed by atoms with Gasteiger partial charge in [0.1, 0.15) is 23.4 Å². The maximum Gasteiger partial charge on any atom is 0.255 e. The highest BCUT2D eigenvalue weighted by Gasteiger charge is 2.28. The lowest BCUT2D eigenvalue weighted by Crippen LogP contribution is -2.50. The molecule has 0 aliphatic rings. The summed E-state index contributed by atoms with van der Waals surface area (Å²) in [5.41, 5.74) is 0.506. The van der Waals surface area contributed by atoms with Gasteiger partial charge >= 0.3 is 0 Å². The van der Waals surface area contributed by atoms with Crippen molar-refractivity contribution in [3.8, 4) is 5.75 Å². The lowest BCUT2D eigenvalue weighted by atomic mass is 10.0. The fourth-order valence-electron chi connectivity index (χ4n) is 2.79. The fourth-order valence-corrected chi connectivity index (χ4v) is 2.79. The number of para-hydroxylation sites is 1. The van der Waals surface area contributed by atoms with E-state index in [1.54, 1.807) is 38.1 Å². The quantitative estimate of drug-likeness (QED) is 0.789. The molecule has 0 heterocycles. The first-order valence-corrected chi connectivity index (χ1v) is 8.87. The van der Waals surface area contributed by atoms with E-state index in [9.17, 15) is 18.4 Å². The van der Waals surface area contributed by atoms with Gasteiger partial charge in [-0.25, -0.2) is 8.78 Å². The molecule has 5 nitrogen and oxygen atoms in total. The molecule has 0 aromatic heterocycles. The molecule has 0 bridgehead atoms. The second kappa shape index (κ2) is 9.30. The molecule has 0 radical (unpaired) electrons. The van der Waals surface area contributed by atoms with Crippen LogP contribution in [0.5, 0.6) is 5.75 Å². The molecule has 2 amide bonds. The molecule has 0 saturated carbocycles. The number of benzene rings is 2. The van der Waals surface area contributed by atoms with Crippen LogP contribution in [0.25, 0.3) is 0 Å². The van der Waals surface area contributed by atoms with Crippen LogP contribution in [0.1, 0.15) is 29.8 Å². The number of likely N-dealkylation sites (N-methyl/N-ethyl adjacent to an activating group) is 1. The van der Waals surface area contributed by atoms with E-state index in [4.69, 9.17) is 4.74 Å². The summed E-state index contributed by atoms with van der Waals surface area (Å²) in [7, 11) is 2.97. The van der Waals surface area contributed by atoms with Gasteiger partial charge in [0.15, 0.2) is 0 Å². The van der Waals surface area contributed by atoms with Gasteiger partial charge in [0.25, 0.3) is 5.91 Å². The molecule has 0 aliphatic heterocycles. The first-order chi connectivity index (χ1) is 13.2. The zero-order valence-corrected chi connectivity index (χ0v) is 16.3. The molecule has 7 heteroatoms. The third-order valence-electron chi connectivity index (χ3n) is 4.37. The lowest BCUT2D eigenvalue weighted by Gasteiger charge is -2.27. The van der Waals surface area contributed by atoms with E-state index in [1.165, 1.54) is 25.1 Å². The molecular weight excluding hydrogens is 366 g/mol. The first-order valence-electron chi connectivity index (χ1n) is 8.87. The Morgan fingerprint density at radius 3 is 2.43 bits per heavy atom. The highest BCUT2D eigenvalue weighted by Crippen LogP contribution is 2.18. The number of rotatable bonds is 7. The van der Waals surface area contributed by atoms with Gasteiger partial charge in [-0.15, -0.1) is 0 Å². The number of hydrogen-bond acceptors (Lipinski definition) is 3. The zero-order valence-electron chi connectivity index (χ0n) is 16.3. The van der Waals surface area contributed by atoms with Gasteiger partial charge in [0.2, 0.25) is 5.91 Å². The number of amides is 2. The van der Waals surface area contributed by atoms with Gasteiger partial charge < -0.3 is 15.0 Å². The van der Waals surface area contributed by atoms with Crippen molar-refractivity contribution < 1.29 is 23.1 Å². The molecule has 150 valence electrons. The van der Waals surface area contributed by atoms with E-state index < -0.39 is 23.6 Å². The predicted octanol–water partition coefficient (Wildman–Crippen LogP) is 3.39. The van der Waals surface area contributed by atoms with Gasteiger partial charge in [-0.2, -0.15) is 0 Å². The van der Waals surface area contributed by atoms with Crippen LogP contribution in [0.15, 0.2) is 42.5 Å². The zero-order chi connectivity index (χ0) is 20.8. The Morgan fingerprint density at radius 2 is 1.82 bits per heavy atom. The molecule has 28 heavy (non-hydrogen) atoms. The summed E-state index contributed by atoms with van der Waals surface area (Å²) in [6.07, 6.45) is 0. The van der Waals surface area contributed by atoms with Crippen molar-refractivity contribution >= 4 is 11.8 Å². The van der Waals surface area contributed by atoms with Crippen molar-refractivity contribution in [3.63, 3.8) is 0 Å². The normalized spacial score (nSPS) is 11.8. The number of nitrogens with zero attached hydrogens (tertiary/aromatic N) is 1. The molecular formula is C21H24F2N2O3. The number of ether oxygens (including phenoxy) is 1. The van der Waals surface area contributed by atoms with Gasteiger partial charge in [-0.3, -0.25) is 9.59 Å². The minimum Gasteiger partial charge on any atom is -0.496 e. The molecule has 1 unspecified atom stereocenters. The molecule has 0 saturated heterocycles. The molecule has 0 fully saturated rings. The number of halogens is 2. The average Bonchev–Trinajstić information content (AvgIpc) is 2.67. The molecule has 2 rings (SSSR count). The first kappa shape index (κ1) is 21.3. The van der Waals surface area contributed by atoms with Crippen LogP contribution in [-0.4, -0.2) is 36.9 Å². The Morgan fingerprint density at radius 1 is 1.14 bits per heavy atom. The Labute approximate surface area is 163 Å². The van der Waals surface area contributed by atoms with E-state index in [0.717, 1.165) is 12.1 Å². The van der Waals surface area contributed by atoms with Crippen molar-refractivity contribution in [3.05, 3.63) is 65.2 Å². The number of carbonyl (C=O) groups is 2. The number of hydrogen-bond donors (Lipinski definition) is 1. The van der Waals surface area contributed by atoms with Crippen LogP contribution in [0.3, 0.4) is 0 Å². The number of nitrogens with one attached hydrogen (secondary N) is 1. The van der Waals surface area contributed by atoms with Crippen LogP contribution < -0.4 is 10.1 Å². The van der Waals surface area contributed by atoms with E-state index in [2.05, 4.69) is 5.32 Å². The van der Waals surface area contributed by atoms with E-state index in [0.29, 0.717) is 11.3 Å². The predicted molar refractivity (Wildman–Crippen MR) is 102 cm³/mol. The summed E-state index contributed by atoms with van der Waals surface area (Å²) in [5, 5.41) is 2.73. The Hall–Kier alpha value is -2.96. The smallest absolute Gasteiger partial charge is 0.255 e. The summed E-state index contributed by atoms with van der Waals surface area (Å²) in [5.74, 6) is -2.02. The maximum absolute atomic E-state index is 13.9. The highest BCUT2D eigenvalue weighted by molar-refractivity contribution is 5.99. The second-order valence-electron chi connectivity index (χ2n) is 6.83. The minimum absolute atomic E-state index is 0.0430. The Balaban J connectivity index is 2.15. The molecule has 1 N–H and O–H groups in total. The molecule has 1 atom stereocenters. The maximum atomic E-state index is 13.9. The summed E-state index contributed by atoms with van der Waals surface area (Å²) in [6.45, 7) is 3.56. The second-order valence-corrected chi connectivity index (χ2v) is 6.83. The Bertz CT molecular complexity index is 855. The Kier molecular flexibility index (Phi) is 7.09. The van der Waals surface area contributed by atoms with Gasteiger partial charge in [-0.1, -0.05) is 32.0 Å². The van der Waals surface area contributed by atoms with Crippen molar-refractivity contribution in [2.75, 3.05) is 14.2 Å². The van der Waals surface area contributed by atoms with Crippen LogP contribution >= 0.6 is 0 Å². The summed E-state index contributed by atoms with van der Waals surface area (Å²) in [4.78, 5) is 26.8. The lowest BCUT2D eigenvalue weighted by molar-refractivity contribution is -0.133. The molecule has 2 aromatic carbocycles. The van der Waals surface area contributed by atoms with Gasteiger partial charge in [0.05, 0.1) is 12.7 Å². The summed E-state index contributed by atoms with van der Waals surface area (Å²) in [6, 6.07) is 9.10. The fraction of sp³-hybridized carbons (Fsp3) is 0.333. The third kappa shape index (κ3) is 5.06. The topological polar surface area (TPSA) is 58.6 Å². The SMILES string of the molecule is COc1ccccc1C(=O)NC(C(=O)N(C)Cc1ccc(F)cc1F)C(C)C. The van der Waals surface area contributed by atoms with Crippen LogP contribution in [0.2, 0.25) is 0 Å². The summed E-state index contributed by atoms with van der Waals surface area (Å²) >= 11 is 0. The number of carbonyl (C=O) groups excluding carboxylic acids is 2. The van der Waals surface area contributed by atoms with Crippen LogP contribution in [0.4, 0.5) is 8.78 Å². The highest BCUT2D eigenvalue weighted by atomic mass is 19.1. The van der Waals surface area contributed by atoms with Crippen molar-refractivity contribution in [2.24, 2.45) is 5.92 Å². The van der Waals surface area contributed by atoms with E-state index in [-0.39, 0.29) is 23.9 Å². The largest absolute Gasteiger partial charge is 0.496 e. The van der Waals surface area contributed by atoms with Crippen molar-refractivity contribution in [2.45, 2.75) is 26.4 Å². The minimum atomic E-state index is -0.814. The summed E-state index contributed by atoms with van der Waals surface area (Å²) < 4.78 is 32.1. The van der Waals surface area contributed by atoms with E-state index >= 15 is 0 Å². The van der Waals surface area contributed by atoms with E-state index in [1.807, 2.05) is 0 Å². The standard InChI is InChI=1S/C21H24F2N2O3/c1-13(2)19(24-20(26)16-7-5-6-8-18(16)28-4)21(27)25(3)12-14-9-10-15(22)11-17(14)23/h5-11,13,19H,12H2,1-4H3,(H,24,26). The van der Waals surface area contributed by atoms with Crippen LogP contribution in [-0.2, 0) is 11.3 Å². The molecule has 0 aliphatic carbocycles. The monoisotopic (exact) mass is 390 g/mol. The van der Waals surface area contributed by atoms with Gasteiger partial charge in [0, 0.05) is 25.2 Å². The average molecular weight is 390 g/mol. The van der Waals surface area contributed by atoms with Gasteiger partial charge in [-0.05, 0) is 24.1 Å². The van der Waals surface area contributed by atoms with Crippen molar-refractivity contribution in [1.82, 2.24) is 10.2 Å². The third-order valence-corrected chi connectivity index (χ3v) is 4.37. The number of methoxy groups -OCH3 is 1.